The zero-order chi connectivity index (χ0) is 13.7. The van der Waals surface area contributed by atoms with E-state index in [-0.39, 0.29) is 0 Å². The first-order chi connectivity index (χ1) is 9.22. The van der Waals surface area contributed by atoms with Gasteiger partial charge in [0.05, 0.1) is 0 Å². The first kappa shape index (κ1) is 13.8. The Bertz CT molecular complexity index is 513. The Morgan fingerprint density at radius 3 is 2.37 bits per heavy atom. The molecule has 0 radical (unpaired) electrons. The van der Waals surface area contributed by atoms with Gasteiger partial charge in [0.1, 0.15) is 0 Å². The lowest BCUT2D eigenvalue weighted by atomic mass is 9.96. The summed E-state index contributed by atoms with van der Waals surface area (Å²) in [6, 6.07) is 18.1. The lowest BCUT2D eigenvalue weighted by Gasteiger charge is -2.17. The fraction of sp³-hybridized carbons (Fsp3) is 0.333. The monoisotopic (exact) mass is 253 g/mol. The van der Waals surface area contributed by atoms with E-state index in [2.05, 4.69) is 67.7 Å². The Morgan fingerprint density at radius 2 is 1.74 bits per heavy atom. The maximum atomic E-state index is 3.43. The van der Waals surface area contributed by atoms with Crippen LogP contribution in [0.5, 0.6) is 0 Å². The Labute approximate surface area is 116 Å². The molecule has 100 valence electrons. The van der Waals surface area contributed by atoms with Crippen molar-refractivity contribution in [2.45, 2.75) is 32.7 Å². The second-order valence-electron chi connectivity index (χ2n) is 5.13. The van der Waals surface area contributed by atoms with Crippen LogP contribution in [0, 0.1) is 6.92 Å². The molecule has 1 atom stereocenters. The predicted molar refractivity (Wildman–Crippen MR) is 82.5 cm³/mol. The van der Waals surface area contributed by atoms with Crippen molar-refractivity contribution in [2.24, 2.45) is 0 Å². The Morgan fingerprint density at radius 1 is 1.00 bits per heavy atom. The lowest BCUT2D eigenvalue weighted by Crippen LogP contribution is -2.19. The first-order valence-corrected chi connectivity index (χ1v) is 7.04. The summed E-state index contributed by atoms with van der Waals surface area (Å²) in [6.45, 7) is 4.33. The van der Waals surface area contributed by atoms with Gasteiger partial charge in [0, 0.05) is 6.04 Å². The molecule has 0 spiro atoms. The number of aryl methyl sites for hydroxylation is 2. The summed E-state index contributed by atoms with van der Waals surface area (Å²) in [6.07, 6.45) is 2.12. The minimum Gasteiger partial charge on any atom is -0.313 e. The quantitative estimate of drug-likeness (QED) is 0.847. The van der Waals surface area contributed by atoms with E-state index in [0.29, 0.717) is 6.04 Å². The average Bonchev–Trinajstić information content (AvgIpc) is 2.46. The number of likely N-dealkylation sites (N-methyl/N-ethyl adjacent to an activating group) is 1. The average molecular weight is 253 g/mol. The largest absolute Gasteiger partial charge is 0.313 e. The van der Waals surface area contributed by atoms with Crippen LogP contribution in [0.4, 0.5) is 0 Å². The molecule has 19 heavy (non-hydrogen) atoms. The standard InChI is InChI=1S/C18H23N/c1-4-15-6-5-7-17(12-15)18(19-3)13-16-10-8-14(2)9-11-16/h5-12,18-19H,4,13H2,1-3H3. The van der Waals surface area contributed by atoms with E-state index in [1.165, 1.54) is 22.3 Å². The van der Waals surface area contributed by atoms with Crippen LogP contribution in [0.1, 0.15) is 35.2 Å². The SMILES string of the molecule is CCc1cccc(C(Cc2ccc(C)cc2)NC)c1. The van der Waals surface area contributed by atoms with Gasteiger partial charge >= 0.3 is 0 Å². The molecule has 2 rings (SSSR count). The summed E-state index contributed by atoms with van der Waals surface area (Å²) in [5, 5.41) is 3.43. The second-order valence-corrected chi connectivity index (χ2v) is 5.13. The van der Waals surface area contributed by atoms with Crippen molar-refractivity contribution in [3.05, 3.63) is 70.8 Å². The minimum atomic E-state index is 0.384. The fourth-order valence-electron chi connectivity index (χ4n) is 2.38. The van der Waals surface area contributed by atoms with Crippen molar-refractivity contribution >= 4 is 0 Å². The van der Waals surface area contributed by atoms with E-state index >= 15 is 0 Å². The number of hydrogen-bond acceptors (Lipinski definition) is 1. The lowest BCUT2D eigenvalue weighted by molar-refractivity contribution is 0.591. The maximum Gasteiger partial charge on any atom is 0.0358 e. The Hall–Kier alpha value is -1.60. The minimum absolute atomic E-state index is 0.384. The molecule has 0 fully saturated rings. The smallest absolute Gasteiger partial charge is 0.0358 e. The summed E-state index contributed by atoms with van der Waals surface area (Å²) in [7, 11) is 2.04. The molecular formula is C18H23N. The Balaban J connectivity index is 2.17. The molecule has 0 heterocycles. The van der Waals surface area contributed by atoms with Gasteiger partial charge in [0.15, 0.2) is 0 Å². The second kappa shape index (κ2) is 6.53. The molecule has 0 saturated carbocycles. The molecule has 1 heteroatoms. The molecule has 0 aliphatic heterocycles. The van der Waals surface area contributed by atoms with Crippen LogP contribution in [0.3, 0.4) is 0 Å². The van der Waals surface area contributed by atoms with Gasteiger partial charge in [-0.05, 0) is 43.5 Å². The van der Waals surface area contributed by atoms with E-state index in [1.54, 1.807) is 0 Å². The van der Waals surface area contributed by atoms with E-state index in [0.717, 1.165) is 12.8 Å². The maximum absolute atomic E-state index is 3.43. The van der Waals surface area contributed by atoms with Gasteiger partial charge in [0.2, 0.25) is 0 Å². The van der Waals surface area contributed by atoms with Crippen LogP contribution in [0.2, 0.25) is 0 Å². The molecule has 1 unspecified atom stereocenters. The highest BCUT2D eigenvalue weighted by molar-refractivity contribution is 5.29. The number of hydrogen-bond donors (Lipinski definition) is 1. The molecule has 0 amide bonds. The molecule has 0 aliphatic carbocycles. The van der Waals surface area contributed by atoms with Crippen LogP contribution < -0.4 is 5.32 Å². The highest BCUT2D eigenvalue weighted by Gasteiger charge is 2.10. The van der Waals surface area contributed by atoms with Gasteiger partial charge in [-0.15, -0.1) is 0 Å². The van der Waals surface area contributed by atoms with Crippen molar-refractivity contribution < 1.29 is 0 Å². The van der Waals surface area contributed by atoms with Crippen LogP contribution in [-0.4, -0.2) is 7.05 Å². The zero-order valence-corrected chi connectivity index (χ0v) is 12.1. The zero-order valence-electron chi connectivity index (χ0n) is 12.1. The Kier molecular flexibility index (Phi) is 4.75. The first-order valence-electron chi connectivity index (χ1n) is 7.04. The van der Waals surface area contributed by atoms with Gasteiger partial charge < -0.3 is 5.32 Å². The fourth-order valence-corrected chi connectivity index (χ4v) is 2.38. The van der Waals surface area contributed by atoms with Gasteiger partial charge in [-0.1, -0.05) is 61.0 Å². The van der Waals surface area contributed by atoms with Crippen molar-refractivity contribution in [2.75, 3.05) is 7.05 Å². The number of benzene rings is 2. The van der Waals surface area contributed by atoms with Gasteiger partial charge in [-0.2, -0.15) is 0 Å². The normalized spacial score (nSPS) is 12.4. The molecule has 2 aromatic rings. The van der Waals surface area contributed by atoms with E-state index < -0.39 is 0 Å². The summed E-state index contributed by atoms with van der Waals surface area (Å²) in [4.78, 5) is 0. The molecule has 1 nitrogen and oxygen atoms in total. The van der Waals surface area contributed by atoms with Crippen LogP contribution in [-0.2, 0) is 12.8 Å². The van der Waals surface area contributed by atoms with Crippen molar-refractivity contribution in [1.29, 1.82) is 0 Å². The third kappa shape index (κ3) is 3.68. The van der Waals surface area contributed by atoms with Crippen LogP contribution in [0.15, 0.2) is 48.5 Å². The molecule has 0 saturated heterocycles. The van der Waals surface area contributed by atoms with Crippen molar-refractivity contribution in [3.8, 4) is 0 Å². The van der Waals surface area contributed by atoms with Gasteiger partial charge in [-0.25, -0.2) is 0 Å². The van der Waals surface area contributed by atoms with Crippen molar-refractivity contribution in [1.82, 2.24) is 5.32 Å². The van der Waals surface area contributed by atoms with E-state index in [1.807, 2.05) is 7.05 Å². The molecule has 2 aromatic carbocycles. The molecule has 0 aromatic heterocycles. The van der Waals surface area contributed by atoms with E-state index in [9.17, 15) is 0 Å². The van der Waals surface area contributed by atoms with Crippen LogP contribution in [0.25, 0.3) is 0 Å². The van der Waals surface area contributed by atoms with Gasteiger partial charge in [-0.3, -0.25) is 0 Å². The summed E-state index contributed by atoms with van der Waals surface area (Å²) in [5.41, 5.74) is 5.48. The number of nitrogens with one attached hydrogen (secondary N) is 1. The molecule has 0 aliphatic rings. The highest BCUT2D eigenvalue weighted by atomic mass is 14.9. The third-order valence-corrected chi connectivity index (χ3v) is 3.67. The summed E-state index contributed by atoms with van der Waals surface area (Å²) < 4.78 is 0. The van der Waals surface area contributed by atoms with E-state index in [4.69, 9.17) is 0 Å². The predicted octanol–water partition coefficient (Wildman–Crippen LogP) is 4.06. The third-order valence-electron chi connectivity index (χ3n) is 3.67. The number of rotatable bonds is 5. The topological polar surface area (TPSA) is 12.0 Å². The molecule has 0 bridgehead atoms. The van der Waals surface area contributed by atoms with Crippen molar-refractivity contribution in [3.63, 3.8) is 0 Å². The van der Waals surface area contributed by atoms with Crippen LogP contribution >= 0.6 is 0 Å². The van der Waals surface area contributed by atoms with Gasteiger partial charge in [0.25, 0.3) is 0 Å². The summed E-state index contributed by atoms with van der Waals surface area (Å²) in [5.74, 6) is 0. The molecular weight excluding hydrogens is 230 g/mol. The summed E-state index contributed by atoms with van der Waals surface area (Å²) >= 11 is 0. The highest BCUT2D eigenvalue weighted by Crippen LogP contribution is 2.20. The molecule has 1 N–H and O–H groups in total.